The largest absolute Gasteiger partial charge is 0.460 e. The number of benzene rings is 2. The number of pyridine rings is 1. The topological polar surface area (TPSA) is 74.6 Å². The third kappa shape index (κ3) is 4.54. The molecular formula is C23H23NO5. The van der Waals surface area contributed by atoms with Crippen LogP contribution in [-0.2, 0) is 20.7 Å². The number of nitrogens with zero attached hydrogens (tertiary/aromatic N) is 1. The molecule has 150 valence electrons. The summed E-state index contributed by atoms with van der Waals surface area (Å²) in [4.78, 5) is 37.4. The summed E-state index contributed by atoms with van der Waals surface area (Å²) in [6.45, 7) is 4.99. The number of ether oxygens (including phenoxy) is 2. The first-order valence-corrected chi connectivity index (χ1v) is 9.51. The summed E-state index contributed by atoms with van der Waals surface area (Å²) in [5.41, 5.74) is 1.76. The summed E-state index contributed by atoms with van der Waals surface area (Å²) in [5, 5.41) is 0.868. The number of esters is 2. The minimum Gasteiger partial charge on any atom is -0.460 e. The number of carbonyl (C=O) groups excluding carboxylic acids is 2. The van der Waals surface area contributed by atoms with Crippen molar-refractivity contribution in [1.29, 1.82) is 0 Å². The van der Waals surface area contributed by atoms with Crippen LogP contribution in [0.2, 0.25) is 0 Å². The van der Waals surface area contributed by atoms with E-state index in [9.17, 15) is 14.4 Å². The van der Waals surface area contributed by atoms with Crippen LogP contribution in [0, 0.1) is 0 Å². The Balaban J connectivity index is 2.02. The standard InChI is InChI=1S/C23H23NO5/c1-4-16-9-11-17(12-10-16)24-13-20(18-7-5-6-8-19(18)22(24)26)23(27)28-14-21(25)29-15(2)3/h5-13,15H,4,14H2,1-3H3. The summed E-state index contributed by atoms with van der Waals surface area (Å²) >= 11 is 0. The predicted molar refractivity (Wildman–Crippen MR) is 110 cm³/mol. The predicted octanol–water partition coefficient (Wildman–Crippen LogP) is 3.66. The van der Waals surface area contributed by atoms with Gasteiger partial charge in [-0.2, -0.15) is 0 Å². The molecule has 1 heterocycles. The first kappa shape index (κ1) is 20.3. The molecule has 0 unspecified atom stereocenters. The van der Waals surface area contributed by atoms with Gasteiger partial charge in [0.25, 0.3) is 5.56 Å². The van der Waals surface area contributed by atoms with E-state index in [0.717, 1.165) is 12.0 Å². The fourth-order valence-corrected chi connectivity index (χ4v) is 3.04. The number of rotatable bonds is 6. The SMILES string of the molecule is CCc1ccc(-n2cc(C(=O)OCC(=O)OC(C)C)c3ccccc3c2=O)cc1. The van der Waals surface area contributed by atoms with Gasteiger partial charge in [0, 0.05) is 22.7 Å². The normalized spacial score (nSPS) is 10.9. The Labute approximate surface area is 168 Å². The van der Waals surface area contributed by atoms with E-state index in [-0.39, 0.29) is 17.2 Å². The Morgan fingerprint density at radius 3 is 2.28 bits per heavy atom. The van der Waals surface area contributed by atoms with Gasteiger partial charge in [-0.3, -0.25) is 9.36 Å². The molecule has 3 rings (SSSR count). The zero-order valence-electron chi connectivity index (χ0n) is 16.7. The second-order valence-electron chi connectivity index (χ2n) is 6.90. The lowest BCUT2D eigenvalue weighted by Gasteiger charge is -2.13. The Morgan fingerprint density at radius 2 is 1.66 bits per heavy atom. The summed E-state index contributed by atoms with van der Waals surface area (Å²) in [5.74, 6) is -1.32. The Morgan fingerprint density at radius 1 is 1.00 bits per heavy atom. The molecule has 0 N–H and O–H groups in total. The quantitative estimate of drug-likeness (QED) is 0.598. The van der Waals surface area contributed by atoms with E-state index in [1.807, 2.05) is 24.3 Å². The zero-order chi connectivity index (χ0) is 21.0. The summed E-state index contributed by atoms with van der Waals surface area (Å²) in [6.07, 6.45) is 2.05. The molecule has 0 saturated heterocycles. The molecule has 3 aromatic rings. The maximum absolute atomic E-state index is 13.0. The van der Waals surface area contributed by atoms with Gasteiger partial charge in [0.15, 0.2) is 6.61 Å². The van der Waals surface area contributed by atoms with E-state index in [0.29, 0.717) is 16.5 Å². The fraction of sp³-hybridized carbons (Fsp3) is 0.261. The zero-order valence-corrected chi connectivity index (χ0v) is 16.7. The molecule has 0 spiro atoms. The number of aromatic nitrogens is 1. The molecule has 0 radical (unpaired) electrons. The average Bonchev–Trinajstić information content (AvgIpc) is 2.72. The molecule has 0 aliphatic carbocycles. The molecule has 0 bridgehead atoms. The van der Waals surface area contributed by atoms with Gasteiger partial charge < -0.3 is 9.47 Å². The Bertz CT molecular complexity index is 1100. The van der Waals surface area contributed by atoms with E-state index < -0.39 is 18.5 Å². The summed E-state index contributed by atoms with van der Waals surface area (Å²) in [7, 11) is 0. The highest BCUT2D eigenvalue weighted by atomic mass is 16.6. The number of hydrogen-bond acceptors (Lipinski definition) is 5. The van der Waals surface area contributed by atoms with Crippen molar-refractivity contribution in [3.8, 4) is 5.69 Å². The van der Waals surface area contributed by atoms with Crippen molar-refractivity contribution in [3.63, 3.8) is 0 Å². The molecule has 0 amide bonds. The highest BCUT2D eigenvalue weighted by Gasteiger charge is 2.18. The van der Waals surface area contributed by atoms with Crippen LogP contribution in [0.4, 0.5) is 0 Å². The van der Waals surface area contributed by atoms with E-state index in [4.69, 9.17) is 9.47 Å². The number of aryl methyl sites for hydroxylation is 1. The molecular weight excluding hydrogens is 370 g/mol. The molecule has 1 aromatic heterocycles. The van der Waals surface area contributed by atoms with Crippen molar-refractivity contribution in [3.05, 3.63) is 76.2 Å². The number of carbonyl (C=O) groups is 2. The van der Waals surface area contributed by atoms with Gasteiger partial charge in [-0.25, -0.2) is 9.59 Å². The van der Waals surface area contributed by atoms with Crippen LogP contribution < -0.4 is 5.56 Å². The lowest BCUT2D eigenvalue weighted by molar-refractivity contribution is -0.150. The molecule has 29 heavy (non-hydrogen) atoms. The second kappa shape index (κ2) is 8.73. The molecule has 6 heteroatoms. The van der Waals surface area contributed by atoms with Crippen molar-refractivity contribution < 1.29 is 19.1 Å². The van der Waals surface area contributed by atoms with Gasteiger partial charge in [0.05, 0.1) is 11.7 Å². The monoisotopic (exact) mass is 393 g/mol. The molecule has 6 nitrogen and oxygen atoms in total. The van der Waals surface area contributed by atoms with Crippen molar-refractivity contribution in [2.24, 2.45) is 0 Å². The lowest BCUT2D eigenvalue weighted by atomic mass is 10.1. The summed E-state index contributed by atoms with van der Waals surface area (Å²) < 4.78 is 11.5. The smallest absolute Gasteiger partial charge is 0.344 e. The Kier molecular flexibility index (Phi) is 6.12. The van der Waals surface area contributed by atoms with Crippen molar-refractivity contribution in [2.45, 2.75) is 33.3 Å². The van der Waals surface area contributed by atoms with E-state index in [1.165, 1.54) is 10.8 Å². The van der Waals surface area contributed by atoms with Crippen LogP contribution in [0.25, 0.3) is 16.5 Å². The maximum atomic E-state index is 13.0. The molecule has 2 aromatic carbocycles. The van der Waals surface area contributed by atoms with E-state index in [2.05, 4.69) is 6.92 Å². The van der Waals surface area contributed by atoms with E-state index in [1.54, 1.807) is 38.1 Å². The summed E-state index contributed by atoms with van der Waals surface area (Å²) in [6, 6.07) is 14.4. The third-order valence-electron chi connectivity index (χ3n) is 4.46. The van der Waals surface area contributed by atoms with Gasteiger partial charge in [0.2, 0.25) is 0 Å². The van der Waals surface area contributed by atoms with Crippen molar-refractivity contribution >= 4 is 22.7 Å². The van der Waals surface area contributed by atoms with E-state index >= 15 is 0 Å². The van der Waals surface area contributed by atoms with Gasteiger partial charge in [-0.15, -0.1) is 0 Å². The van der Waals surface area contributed by atoms with Crippen LogP contribution in [0.3, 0.4) is 0 Å². The van der Waals surface area contributed by atoms with Crippen molar-refractivity contribution in [2.75, 3.05) is 6.61 Å². The first-order chi connectivity index (χ1) is 13.9. The third-order valence-corrected chi connectivity index (χ3v) is 4.46. The molecule has 0 aliphatic rings. The maximum Gasteiger partial charge on any atom is 0.344 e. The van der Waals surface area contributed by atoms with Gasteiger partial charge in [-0.05, 0) is 44.0 Å². The van der Waals surface area contributed by atoms with Crippen LogP contribution in [0.1, 0.15) is 36.7 Å². The number of fused-ring (bicyclic) bond motifs is 1. The first-order valence-electron chi connectivity index (χ1n) is 9.51. The van der Waals surface area contributed by atoms with Gasteiger partial charge in [-0.1, -0.05) is 37.3 Å². The highest BCUT2D eigenvalue weighted by Crippen LogP contribution is 2.19. The minimum atomic E-state index is -0.694. The van der Waals surface area contributed by atoms with Crippen LogP contribution in [0.15, 0.2) is 59.5 Å². The minimum absolute atomic E-state index is 0.206. The molecule has 0 atom stereocenters. The van der Waals surface area contributed by atoms with Crippen LogP contribution in [-0.4, -0.2) is 29.2 Å². The van der Waals surface area contributed by atoms with Gasteiger partial charge in [0.1, 0.15) is 0 Å². The molecule has 0 saturated carbocycles. The van der Waals surface area contributed by atoms with Crippen LogP contribution >= 0.6 is 0 Å². The van der Waals surface area contributed by atoms with Crippen molar-refractivity contribution in [1.82, 2.24) is 4.57 Å². The van der Waals surface area contributed by atoms with Gasteiger partial charge >= 0.3 is 11.9 Å². The number of hydrogen-bond donors (Lipinski definition) is 0. The average molecular weight is 393 g/mol. The molecule has 0 aliphatic heterocycles. The fourth-order valence-electron chi connectivity index (χ4n) is 3.04. The Hall–Kier alpha value is -3.41. The lowest BCUT2D eigenvalue weighted by Crippen LogP contribution is -2.23. The second-order valence-corrected chi connectivity index (χ2v) is 6.90. The highest BCUT2D eigenvalue weighted by molar-refractivity contribution is 6.04. The van der Waals surface area contributed by atoms with Crippen LogP contribution in [0.5, 0.6) is 0 Å². The molecule has 0 fully saturated rings.